The van der Waals surface area contributed by atoms with Gasteiger partial charge in [0, 0.05) is 25.3 Å². The lowest BCUT2D eigenvalue weighted by Gasteiger charge is -2.33. The molecule has 0 bridgehead atoms. The number of aromatic nitrogens is 1. The van der Waals surface area contributed by atoms with Gasteiger partial charge in [0.25, 0.3) is 0 Å². The summed E-state index contributed by atoms with van der Waals surface area (Å²) in [6.07, 6.45) is 5.71. The Morgan fingerprint density at radius 2 is 2.12 bits per heavy atom. The summed E-state index contributed by atoms with van der Waals surface area (Å²) in [6, 6.07) is 2.37. The summed E-state index contributed by atoms with van der Waals surface area (Å²) >= 11 is 0. The number of rotatable bonds is 7. The van der Waals surface area contributed by atoms with E-state index in [1.165, 1.54) is 0 Å². The number of nitrogens with zero attached hydrogens (tertiary/aromatic N) is 2. The molecule has 0 aliphatic carbocycles. The normalized spacial score (nSPS) is 10.9. The third-order valence-electron chi connectivity index (χ3n) is 3.14. The van der Waals surface area contributed by atoms with Gasteiger partial charge in [-0.05, 0) is 24.5 Å². The highest BCUT2D eigenvalue weighted by Gasteiger charge is 2.17. The minimum Gasteiger partial charge on any atom is -0.395 e. The van der Waals surface area contributed by atoms with Crippen molar-refractivity contribution in [2.45, 2.75) is 39.3 Å². The van der Waals surface area contributed by atoms with E-state index in [4.69, 9.17) is 5.73 Å². The van der Waals surface area contributed by atoms with Gasteiger partial charge in [0.2, 0.25) is 0 Å². The third-order valence-corrected chi connectivity index (χ3v) is 3.14. The van der Waals surface area contributed by atoms with Crippen molar-refractivity contribution in [2.75, 3.05) is 18.1 Å². The molecule has 0 aliphatic rings. The van der Waals surface area contributed by atoms with E-state index in [1.54, 1.807) is 6.20 Å². The summed E-state index contributed by atoms with van der Waals surface area (Å²) in [7, 11) is 0. The van der Waals surface area contributed by atoms with Crippen LogP contribution in [0.15, 0.2) is 18.5 Å². The van der Waals surface area contributed by atoms with Crippen LogP contribution in [-0.2, 0) is 6.54 Å². The van der Waals surface area contributed by atoms with Gasteiger partial charge in [0.05, 0.1) is 18.5 Å². The van der Waals surface area contributed by atoms with Gasteiger partial charge < -0.3 is 15.7 Å². The molecule has 0 atom stereocenters. The monoisotopic (exact) mass is 237 g/mol. The van der Waals surface area contributed by atoms with E-state index in [0.717, 1.165) is 24.1 Å². The summed E-state index contributed by atoms with van der Waals surface area (Å²) in [5.41, 5.74) is 7.89. The first kappa shape index (κ1) is 13.9. The molecule has 1 aromatic heterocycles. The van der Waals surface area contributed by atoms with E-state index in [1.807, 2.05) is 12.3 Å². The minimum atomic E-state index is 0.148. The fraction of sp³-hybridized carbons (Fsp3) is 0.615. The van der Waals surface area contributed by atoms with Crippen molar-refractivity contribution in [3.63, 3.8) is 0 Å². The van der Waals surface area contributed by atoms with Crippen LogP contribution in [0.2, 0.25) is 0 Å². The van der Waals surface area contributed by atoms with Crippen LogP contribution in [0.5, 0.6) is 0 Å². The fourth-order valence-corrected chi connectivity index (χ4v) is 2.18. The molecular formula is C13H23N3O. The lowest BCUT2D eigenvalue weighted by Crippen LogP contribution is -2.37. The Hall–Kier alpha value is -1.13. The van der Waals surface area contributed by atoms with E-state index in [-0.39, 0.29) is 6.61 Å². The zero-order valence-corrected chi connectivity index (χ0v) is 10.8. The number of aliphatic hydroxyl groups is 1. The average Bonchev–Trinajstić information content (AvgIpc) is 2.39. The van der Waals surface area contributed by atoms with E-state index in [2.05, 4.69) is 23.7 Å². The maximum Gasteiger partial charge on any atom is 0.0606 e. The van der Waals surface area contributed by atoms with E-state index < -0.39 is 0 Å². The van der Waals surface area contributed by atoms with Crippen molar-refractivity contribution in [1.29, 1.82) is 0 Å². The molecular weight excluding hydrogens is 214 g/mol. The Morgan fingerprint density at radius 3 is 2.65 bits per heavy atom. The molecule has 0 aromatic carbocycles. The molecule has 0 radical (unpaired) electrons. The Kier molecular flexibility index (Phi) is 5.94. The SMILES string of the molecule is CCC(CC)N(CCO)c1cnccc1CN. The zero-order chi connectivity index (χ0) is 12.7. The number of hydrogen-bond acceptors (Lipinski definition) is 4. The van der Waals surface area contributed by atoms with E-state index in [9.17, 15) is 5.11 Å². The molecule has 96 valence electrons. The number of hydrogen-bond donors (Lipinski definition) is 2. The second kappa shape index (κ2) is 7.25. The summed E-state index contributed by atoms with van der Waals surface area (Å²) in [4.78, 5) is 6.39. The van der Waals surface area contributed by atoms with Crippen LogP contribution in [0.3, 0.4) is 0 Å². The summed E-state index contributed by atoms with van der Waals surface area (Å²) in [5, 5.41) is 9.21. The van der Waals surface area contributed by atoms with Crippen molar-refractivity contribution in [3.05, 3.63) is 24.0 Å². The first-order valence-electron chi connectivity index (χ1n) is 6.28. The predicted octanol–water partition coefficient (Wildman–Crippen LogP) is 1.53. The lowest BCUT2D eigenvalue weighted by atomic mass is 10.1. The second-order valence-electron chi connectivity index (χ2n) is 4.10. The van der Waals surface area contributed by atoms with Crippen molar-refractivity contribution < 1.29 is 5.11 Å². The lowest BCUT2D eigenvalue weighted by molar-refractivity contribution is 0.296. The van der Waals surface area contributed by atoms with Crippen LogP contribution in [0, 0.1) is 0 Å². The van der Waals surface area contributed by atoms with Gasteiger partial charge in [-0.3, -0.25) is 4.98 Å². The maximum atomic E-state index is 9.21. The molecule has 4 heteroatoms. The molecule has 0 unspecified atom stereocenters. The molecule has 4 nitrogen and oxygen atoms in total. The van der Waals surface area contributed by atoms with Crippen LogP contribution in [0.4, 0.5) is 5.69 Å². The largest absolute Gasteiger partial charge is 0.395 e. The van der Waals surface area contributed by atoms with Crippen molar-refractivity contribution in [2.24, 2.45) is 5.73 Å². The third kappa shape index (κ3) is 3.41. The van der Waals surface area contributed by atoms with Gasteiger partial charge in [-0.2, -0.15) is 0 Å². The number of nitrogens with two attached hydrogens (primary N) is 1. The molecule has 1 rings (SSSR count). The Bertz CT molecular complexity index is 326. The van der Waals surface area contributed by atoms with Crippen LogP contribution in [0.25, 0.3) is 0 Å². The van der Waals surface area contributed by atoms with Crippen LogP contribution >= 0.6 is 0 Å². The highest BCUT2D eigenvalue weighted by atomic mass is 16.3. The van der Waals surface area contributed by atoms with E-state index >= 15 is 0 Å². The molecule has 0 aliphatic heterocycles. The van der Waals surface area contributed by atoms with Crippen molar-refractivity contribution >= 4 is 5.69 Å². The molecule has 1 heterocycles. The van der Waals surface area contributed by atoms with Crippen LogP contribution in [-0.4, -0.2) is 29.3 Å². The van der Waals surface area contributed by atoms with Gasteiger partial charge in [-0.25, -0.2) is 0 Å². The van der Waals surface area contributed by atoms with Crippen LogP contribution in [0.1, 0.15) is 32.3 Å². The van der Waals surface area contributed by atoms with E-state index in [0.29, 0.717) is 19.1 Å². The number of pyridine rings is 1. The smallest absolute Gasteiger partial charge is 0.0606 e. The zero-order valence-electron chi connectivity index (χ0n) is 10.8. The first-order valence-corrected chi connectivity index (χ1v) is 6.28. The molecule has 0 saturated carbocycles. The first-order chi connectivity index (χ1) is 8.28. The molecule has 0 spiro atoms. The summed E-state index contributed by atoms with van der Waals surface area (Å²) in [6.45, 7) is 5.61. The molecule has 0 fully saturated rings. The second-order valence-corrected chi connectivity index (χ2v) is 4.10. The standard InChI is InChI=1S/C13H23N3O/c1-3-12(4-2)16(7-8-17)13-10-15-6-5-11(13)9-14/h5-6,10,12,17H,3-4,7-9,14H2,1-2H3. The van der Waals surface area contributed by atoms with Gasteiger partial charge >= 0.3 is 0 Å². The quantitative estimate of drug-likeness (QED) is 0.755. The highest BCUT2D eigenvalue weighted by Crippen LogP contribution is 2.23. The van der Waals surface area contributed by atoms with Crippen LogP contribution < -0.4 is 10.6 Å². The number of anilines is 1. The molecule has 0 amide bonds. The molecule has 3 N–H and O–H groups in total. The highest BCUT2D eigenvalue weighted by molar-refractivity contribution is 5.52. The van der Waals surface area contributed by atoms with Gasteiger partial charge in [-0.1, -0.05) is 13.8 Å². The Morgan fingerprint density at radius 1 is 1.41 bits per heavy atom. The van der Waals surface area contributed by atoms with Gasteiger partial charge in [0.1, 0.15) is 0 Å². The maximum absolute atomic E-state index is 9.21. The van der Waals surface area contributed by atoms with Crippen molar-refractivity contribution in [3.8, 4) is 0 Å². The van der Waals surface area contributed by atoms with Gasteiger partial charge in [-0.15, -0.1) is 0 Å². The average molecular weight is 237 g/mol. The fourth-order valence-electron chi connectivity index (χ4n) is 2.18. The molecule has 1 aromatic rings. The Balaban J connectivity index is 3.03. The summed E-state index contributed by atoms with van der Waals surface area (Å²) in [5.74, 6) is 0. The predicted molar refractivity (Wildman–Crippen MR) is 70.9 cm³/mol. The number of aliphatic hydroxyl groups excluding tert-OH is 1. The summed E-state index contributed by atoms with van der Waals surface area (Å²) < 4.78 is 0. The van der Waals surface area contributed by atoms with Crippen molar-refractivity contribution in [1.82, 2.24) is 4.98 Å². The molecule has 0 saturated heterocycles. The topological polar surface area (TPSA) is 62.4 Å². The van der Waals surface area contributed by atoms with Gasteiger partial charge in [0.15, 0.2) is 0 Å². The minimum absolute atomic E-state index is 0.148. The Labute approximate surface area is 103 Å². The molecule has 17 heavy (non-hydrogen) atoms.